The number of alkyl halides is 6. The first-order valence-electron chi connectivity index (χ1n) is 24.4. The number of carbonyl (C=O) groups is 5. The first kappa shape index (κ1) is 61.5. The van der Waals surface area contributed by atoms with E-state index in [-0.39, 0.29) is 65.9 Å². The number of halogens is 7. The predicted molar refractivity (Wildman–Crippen MR) is 278 cm³/mol. The van der Waals surface area contributed by atoms with Gasteiger partial charge in [-0.1, -0.05) is 78.9 Å². The number of hydrogen-bond donors (Lipinski definition) is 8. The van der Waals surface area contributed by atoms with Gasteiger partial charge in [0.25, 0.3) is 0 Å². The van der Waals surface area contributed by atoms with Gasteiger partial charge in [0.05, 0.1) is 23.7 Å². The molecule has 3 amide bonds. The zero-order chi connectivity index (χ0) is 58.0. The minimum atomic E-state index is -5.08. The number of carboxylic acids is 2. The second kappa shape index (κ2) is 28.3. The largest absolute Gasteiger partial charge is 0.506 e. The van der Waals surface area contributed by atoms with Crippen molar-refractivity contribution in [1.29, 1.82) is 0 Å². The van der Waals surface area contributed by atoms with Gasteiger partial charge in [-0.25, -0.2) is 18.8 Å². The first-order chi connectivity index (χ1) is 37.3. The number of nitrogens with zero attached hydrogens (tertiary/aromatic N) is 2. The van der Waals surface area contributed by atoms with Crippen LogP contribution in [0.3, 0.4) is 0 Å². The summed E-state index contributed by atoms with van der Waals surface area (Å²) in [5, 5.41) is 45.0. The lowest BCUT2D eigenvalue weighted by atomic mass is 10.0. The number of aliphatic hydroxyl groups is 1. The standard InChI is InChI=1S/C51H55FN6O7.2C2HF3O2/c1-33(53-32-46(60)41-17-20-45(59)50-42(41)18-21-47(61)56-50)28-35-14-19-43(52)37(29-35)30-48(62)54-31-34-12-15-38(16-13-34)57(2)49(63)24-27-58-25-22-39(23-26-58)65-51(64)55-44-11-7-6-10-40(44)36-8-4-3-5-9-36;2*3-2(4,5)1(6)7/h3-21,29,33,39,46,53,59-60H,22-28,30-32H2,1-2H3,(H,54,62)(H,55,64)(H,56,61);2*(H,6,7)/t33?,46-;;/m0../s1. The lowest BCUT2D eigenvalue weighted by Crippen LogP contribution is -2.40. The number of phenolic OH excluding ortho intramolecular Hbond substituents is 1. The fraction of sp³-hybridized carbons (Fsp3) is 0.309. The maximum absolute atomic E-state index is 14.8. The summed E-state index contributed by atoms with van der Waals surface area (Å²) in [6.45, 7) is 4.38. The molecule has 422 valence electrons. The van der Waals surface area contributed by atoms with Gasteiger partial charge < -0.3 is 50.6 Å². The minimum Gasteiger partial charge on any atom is -0.506 e. The van der Waals surface area contributed by atoms with Crippen molar-refractivity contribution >= 4 is 52.1 Å². The van der Waals surface area contributed by atoms with E-state index in [1.54, 1.807) is 36.2 Å². The quantitative estimate of drug-likeness (QED) is 0.0400. The SMILES string of the molecule is CC(Cc1ccc(F)c(CC(=O)NCc2ccc(N(C)C(=O)CCN3CCC(OC(=O)Nc4ccccc4-c4ccccc4)CC3)cc2)c1)NC[C@H](O)c1ccc(O)c2[nH]c(=O)ccc12.O=C(O)C(F)(F)F.O=C(O)C(F)(F)F. The number of amides is 3. The van der Waals surface area contributed by atoms with E-state index in [0.29, 0.717) is 62.0 Å². The van der Waals surface area contributed by atoms with Crippen molar-refractivity contribution in [3.63, 3.8) is 0 Å². The molecule has 2 atom stereocenters. The van der Waals surface area contributed by atoms with Gasteiger partial charge in [-0.3, -0.25) is 19.7 Å². The van der Waals surface area contributed by atoms with Gasteiger partial charge in [-0.2, -0.15) is 26.3 Å². The molecule has 0 spiro atoms. The van der Waals surface area contributed by atoms with Gasteiger partial charge >= 0.3 is 30.4 Å². The summed E-state index contributed by atoms with van der Waals surface area (Å²) in [6, 6.07) is 35.4. The zero-order valence-corrected chi connectivity index (χ0v) is 42.5. The van der Waals surface area contributed by atoms with E-state index in [2.05, 4.69) is 25.8 Å². The van der Waals surface area contributed by atoms with E-state index in [1.807, 2.05) is 85.8 Å². The summed E-state index contributed by atoms with van der Waals surface area (Å²) in [5.41, 5.74) is 5.71. The van der Waals surface area contributed by atoms with E-state index in [1.165, 1.54) is 18.2 Å². The molecule has 1 aromatic heterocycles. The van der Waals surface area contributed by atoms with Crippen molar-refractivity contribution in [2.75, 3.05) is 43.4 Å². The van der Waals surface area contributed by atoms with E-state index < -0.39 is 42.3 Å². The van der Waals surface area contributed by atoms with Crippen LogP contribution in [0.15, 0.2) is 126 Å². The van der Waals surface area contributed by atoms with Crippen molar-refractivity contribution in [3.8, 4) is 16.9 Å². The van der Waals surface area contributed by atoms with Gasteiger partial charge in [0, 0.05) is 74.9 Å². The molecule has 0 aliphatic carbocycles. The van der Waals surface area contributed by atoms with Gasteiger partial charge in [0.1, 0.15) is 17.7 Å². The number of para-hydroxylation sites is 1. The lowest BCUT2D eigenvalue weighted by Gasteiger charge is -2.31. The Morgan fingerprint density at radius 1 is 0.810 bits per heavy atom. The molecular weight excluding hydrogens is 1050 g/mol. The van der Waals surface area contributed by atoms with Crippen LogP contribution in [0.1, 0.15) is 54.5 Å². The number of aromatic hydroxyl groups is 1. The fourth-order valence-corrected chi connectivity index (χ4v) is 8.13. The number of H-pyrrole nitrogens is 1. The smallest absolute Gasteiger partial charge is 0.490 e. The number of benzene rings is 5. The van der Waals surface area contributed by atoms with E-state index >= 15 is 0 Å². The second-order valence-corrected chi connectivity index (χ2v) is 18.2. The second-order valence-electron chi connectivity index (χ2n) is 18.2. The molecule has 0 radical (unpaired) electrons. The van der Waals surface area contributed by atoms with Gasteiger partial charge in [-0.15, -0.1) is 0 Å². The molecule has 1 aliphatic heterocycles. The van der Waals surface area contributed by atoms with Crippen LogP contribution in [-0.2, 0) is 43.3 Å². The molecule has 0 saturated carbocycles. The number of nitrogens with one attached hydrogen (secondary N) is 4. The number of aliphatic hydroxyl groups excluding tert-OH is 1. The predicted octanol–water partition coefficient (Wildman–Crippen LogP) is 8.49. The number of aromatic nitrogens is 1. The molecular formula is C55H57F7N6O11. The minimum absolute atomic E-state index is 0.0321. The molecule has 24 heteroatoms. The van der Waals surface area contributed by atoms with Crippen molar-refractivity contribution < 1.29 is 79.9 Å². The molecule has 17 nitrogen and oxygen atoms in total. The number of pyridine rings is 1. The first-order valence-corrected chi connectivity index (χ1v) is 24.4. The van der Waals surface area contributed by atoms with Gasteiger partial charge in [0.2, 0.25) is 17.4 Å². The average Bonchev–Trinajstić information content (AvgIpc) is 3.42. The summed E-state index contributed by atoms with van der Waals surface area (Å²) >= 11 is 0. The number of piperidine rings is 1. The number of carbonyl (C=O) groups excluding carboxylic acids is 3. The average molecular weight is 1110 g/mol. The topological polar surface area (TPSA) is 251 Å². The Balaban J connectivity index is 0.000000725. The van der Waals surface area contributed by atoms with Crippen LogP contribution in [0.5, 0.6) is 5.75 Å². The van der Waals surface area contributed by atoms with Crippen molar-refractivity contribution in [2.24, 2.45) is 0 Å². The summed E-state index contributed by atoms with van der Waals surface area (Å²) < 4.78 is 84.1. The third-order valence-corrected chi connectivity index (χ3v) is 12.3. The molecule has 1 fully saturated rings. The normalized spacial score (nSPS) is 13.6. The van der Waals surface area contributed by atoms with Crippen LogP contribution in [0.25, 0.3) is 22.0 Å². The Morgan fingerprint density at radius 2 is 1.42 bits per heavy atom. The highest BCUT2D eigenvalue weighted by Gasteiger charge is 2.39. The fourth-order valence-electron chi connectivity index (χ4n) is 8.13. The molecule has 79 heavy (non-hydrogen) atoms. The maximum Gasteiger partial charge on any atom is 0.490 e. The molecule has 0 bridgehead atoms. The summed E-state index contributed by atoms with van der Waals surface area (Å²) in [7, 11) is 1.74. The highest BCUT2D eigenvalue weighted by molar-refractivity contribution is 5.93. The van der Waals surface area contributed by atoms with Crippen LogP contribution in [0.2, 0.25) is 0 Å². The highest BCUT2D eigenvalue weighted by Crippen LogP contribution is 2.30. The number of phenols is 1. The number of carboxylic acid groups (broad SMARTS) is 2. The van der Waals surface area contributed by atoms with E-state index in [0.717, 1.165) is 27.9 Å². The van der Waals surface area contributed by atoms with Crippen LogP contribution in [-0.4, -0.2) is 118 Å². The number of anilines is 2. The number of aromatic amines is 1. The van der Waals surface area contributed by atoms with E-state index in [9.17, 15) is 60.1 Å². The molecule has 6 aromatic rings. The third-order valence-electron chi connectivity index (χ3n) is 12.3. The molecule has 1 unspecified atom stereocenters. The van der Waals surface area contributed by atoms with Gasteiger partial charge in [-0.05, 0) is 90.4 Å². The third kappa shape index (κ3) is 19.3. The Bertz CT molecular complexity index is 3070. The van der Waals surface area contributed by atoms with Crippen LogP contribution >= 0.6 is 0 Å². The summed E-state index contributed by atoms with van der Waals surface area (Å²) in [4.78, 5) is 74.9. The van der Waals surface area contributed by atoms with Crippen LogP contribution in [0, 0.1) is 5.82 Å². The Labute approximate surface area is 447 Å². The zero-order valence-electron chi connectivity index (χ0n) is 42.5. The highest BCUT2D eigenvalue weighted by atomic mass is 19.4. The Kier molecular flexibility index (Phi) is 22.1. The number of ether oxygens (including phenoxy) is 1. The molecule has 5 aromatic carbocycles. The summed E-state index contributed by atoms with van der Waals surface area (Å²) in [6.07, 6.45) is -9.73. The van der Waals surface area contributed by atoms with Gasteiger partial charge in [0.15, 0.2) is 0 Å². The lowest BCUT2D eigenvalue weighted by molar-refractivity contribution is -0.193. The molecule has 1 aliphatic rings. The maximum atomic E-state index is 14.8. The van der Waals surface area contributed by atoms with Crippen molar-refractivity contribution in [3.05, 3.63) is 160 Å². The monoisotopic (exact) mass is 1110 g/mol. The number of hydrogen-bond acceptors (Lipinski definition) is 11. The molecule has 8 N–H and O–H groups in total. The number of likely N-dealkylation sites (tertiary alicyclic amines) is 1. The number of rotatable bonds is 17. The Hall–Kier alpha value is -8.35. The Morgan fingerprint density at radius 3 is 2.05 bits per heavy atom. The summed E-state index contributed by atoms with van der Waals surface area (Å²) in [5.74, 6) is -6.44. The van der Waals surface area contributed by atoms with E-state index in [4.69, 9.17) is 24.5 Å². The number of fused-ring (bicyclic) bond motifs is 1. The molecule has 7 rings (SSSR count). The van der Waals surface area contributed by atoms with Crippen molar-refractivity contribution in [1.82, 2.24) is 20.5 Å². The molecule has 2 heterocycles. The van der Waals surface area contributed by atoms with Crippen LogP contribution in [0.4, 0.5) is 46.9 Å². The molecule has 1 saturated heterocycles. The van der Waals surface area contributed by atoms with Crippen molar-refractivity contribution in [2.45, 2.75) is 76.2 Å². The van der Waals surface area contributed by atoms with Crippen LogP contribution < -0.4 is 26.4 Å². The number of aliphatic carboxylic acids is 2.